The van der Waals surface area contributed by atoms with E-state index in [4.69, 9.17) is 0 Å². The average molecular weight is 554 g/mol. The van der Waals surface area contributed by atoms with Gasteiger partial charge in [-0.25, -0.2) is 0 Å². The van der Waals surface area contributed by atoms with Crippen molar-refractivity contribution in [2.24, 2.45) is 0 Å². The maximum absolute atomic E-state index is 3.86. The first kappa shape index (κ1) is 43.7. The van der Waals surface area contributed by atoms with Crippen molar-refractivity contribution in [3.63, 3.8) is 0 Å². The summed E-state index contributed by atoms with van der Waals surface area (Å²) >= 11 is 0. The van der Waals surface area contributed by atoms with Crippen LogP contribution in [0.3, 0.4) is 0 Å². The first-order valence-electron chi connectivity index (χ1n) is 14.8. The first-order valence-corrected chi connectivity index (χ1v) is 14.8. The Morgan fingerprint density at radius 3 is 0.606 bits per heavy atom. The van der Waals surface area contributed by atoms with Crippen LogP contribution in [0.25, 0.3) is 0 Å². The summed E-state index contributed by atoms with van der Waals surface area (Å²) in [6.07, 6.45) is 32.1. The largest absolute Gasteiger partial charge is 4.00 e. The molecule has 0 heterocycles. The van der Waals surface area contributed by atoms with Crippen molar-refractivity contribution >= 4 is 0 Å². The second-order valence-electron chi connectivity index (χ2n) is 9.07. The molecule has 0 spiro atoms. The molecule has 0 aromatic heterocycles. The van der Waals surface area contributed by atoms with Crippen molar-refractivity contribution in [3.05, 3.63) is 27.7 Å². The molecule has 0 aliphatic heterocycles. The fraction of sp³-hybridized carbons (Fsp3) is 0.875. The van der Waals surface area contributed by atoms with E-state index in [1.54, 1.807) is 0 Å². The van der Waals surface area contributed by atoms with Gasteiger partial charge >= 0.3 is 19.5 Å². The van der Waals surface area contributed by atoms with Gasteiger partial charge in [0.05, 0.1) is 0 Å². The molecule has 0 atom stereocenters. The molecule has 0 saturated carbocycles. The van der Waals surface area contributed by atoms with Crippen LogP contribution in [-0.2, 0) is 19.5 Å². The Bertz CT molecular complexity index is 184. The van der Waals surface area contributed by atoms with Crippen LogP contribution in [0.1, 0.15) is 182 Å². The SMILES string of the molecule is [CH2-]CCCCC.[CH2-]CCCCC.[CH2-]CCCCC.[CH2-]CCCCCCCCCCCCC.[Ru+4]. The number of unbranched alkanes of at least 4 members (excludes halogenated alkanes) is 20. The van der Waals surface area contributed by atoms with Crippen LogP contribution in [0.5, 0.6) is 0 Å². The molecule has 0 bridgehead atoms. The molecule has 1 heteroatoms. The normalized spacial score (nSPS) is 9.45. The van der Waals surface area contributed by atoms with Crippen LogP contribution < -0.4 is 0 Å². The third-order valence-electron chi connectivity index (χ3n) is 5.41. The van der Waals surface area contributed by atoms with Crippen molar-refractivity contribution in [2.45, 2.75) is 182 Å². The van der Waals surface area contributed by atoms with E-state index in [2.05, 4.69) is 55.4 Å². The number of rotatable bonds is 20. The molecule has 0 N–H and O–H groups in total. The Labute approximate surface area is 228 Å². The zero-order valence-corrected chi connectivity index (χ0v) is 25.9. The van der Waals surface area contributed by atoms with Crippen LogP contribution >= 0.6 is 0 Å². The molecule has 0 aromatic carbocycles. The minimum Gasteiger partial charge on any atom is -0.343 e. The van der Waals surface area contributed by atoms with Gasteiger partial charge in [0.15, 0.2) is 0 Å². The molecule has 0 amide bonds. The van der Waals surface area contributed by atoms with Crippen LogP contribution in [0.4, 0.5) is 0 Å². The molecular formula is C32H68Ru. The second-order valence-corrected chi connectivity index (χ2v) is 9.07. The summed E-state index contributed by atoms with van der Waals surface area (Å²) in [5.74, 6) is 0. The van der Waals surface area contributed by atoms with Crippen molar-refractivity contribution in [3.8, 4) is 0 Å². The predicted molar refractivity (Wildman–Crippen MR) is 155 cm³/mol. The van der Waals surface area contributed by atoms with Gasteiger partial charge in [0.2, 0.25) is 0 Å². The molecule has 0 unspecified atom stereocenters. The Morgan fingerprint density at radius 1 is 0.273 bits per heavy atom. The molecule has 0 aliphatic rings. The summed E-state index contributed by atoms with van der Waals surface area (Å²) in [5.41, 5.74) is 0. The summed E-state index contributed by atoms with van der Waals surface area (Å²) in [7, 11) is 0. The monoisotopic (exact) mass is 554 g/mol. The number of hydrogen-bond donors (Lipinski definition) is 0. The van der Waals surface area contributed by atoms with Crippen LogP contribution in [0.2, 0.25) is 0 Å². The van der Waals surface area contributed by atoms with Gasteiger partial charge in [-0.1, -0.05) is 156 Å². The first-order chi connectivity index (χ1) is 15.7. The second kappa shape index (κ2) is 53.8. The van der Waals surface area contributed by atoms with Crippen molar-refractivity contribution < 1.29 is 19.5 Å². The van der Waals surface area contributed by atoms with E-state index in [0.717, 1.165) is 25.7 Å². The number of hydrogen-bond acceptors (Lipinski definition) is 0. The summed E-state index contributed by atoms with van der Waals surface area (Å²) in [6.45, 7) is 23.9. The van der Waals surface area contributed by atoms with Gasteiger partial charge in [-0.3, -0.25) is 0 Å². The van der Waals surface area contributed by atoms with Crippen molar-refractivity contribution in [1.82, 2.24) is 0 Å². The fourth-order valence-corrected chi connectivity index (χ4v) is 3.12. The van der Waals surface area contributed by atoms with Gasteiger partial charge in [0, 0.05) is 0 Å². The predicted octanol–water partition coefficient (Wildman–Crippen LogP) is 12.7. The summed E-state index contributed by atoms with van der Waals surface area (Å²) in [6, 6.07) is 0. The molecule has 0 saturated heterocycles. The average Bonchev–Trinajstić information content (AvgIpc) is 2.82. The topological polar surface area (TPSA) is 0 Å². The molecular weight excluding hydrogens is 485 g/mol. The molecule has 0 radical (unpaired) electrons. The van der Waals surface area contributed by atoms with E-state index in [9.17, 15) is 0 Å². The third kappa shape index (κ3) is 71.9. The minimum atomic E-state index is 0. The van der Waals surface area contributed by atoms with E-state index < -0.39 is 0 Å². The van der Waals surface area contributed by atoms with E-state index in [0.29, 0.717) is 0 Å². The molecule has 33 heavy (non-hydrogen) atoms. The maximum atomic E-state index is 3.86. The van der Waals surface area contributed by atoms with Crippen LogP contribution in [-0.4, -0.2) is 0 Å². The molecule has 0 nitrogen and oxygen atoms in total. The zero-order valence-electron chi connectivity index (χ0n) is 24.2. The van der Waals surface area contributed by atoms with E-state index >= 15 is 0 Å². The maximum Gasteiger partial charge on any atom is 4.00 e. The van der Waals surface area contributed by atoms with Gasteiger partial charge in [0.1, 0.15) is 0 Å². The van der Waals surface area contributed by atoms with Crippen molar-refractivity contribution in [1.29, 1.82) is 0 Å². The van der Waals surface area contributed by atoms with Gasteiger partial charge in [-0.05, 0) is 0 Å². The van der Waals surface area contributed by atoms with Gasteiger partial charge in [-0.2, -0.15) is 25.7 Å². The Hall–Kier alpha value is 0.623. The molecule has 204 valence electrons. The van der Waals surface area contributed by atoms with Gasteiger partial charge < -0.3 is 27.7 Å². The smallest absolute Gasteiger partial charge is 0.343 e. The summed E-state index contributed by atoms with van der Waals surface area (Å²) in [4.78, 5) is 0. The molecule has 0 aliphatic carbocycles. The summed E-state index contributed by atoms with van der Waals surface area (Å²) < 4.78 is 0. The zero-order chi connectivity index (χ0) is 25.0. The van der Waals surface area contributed by atoms with Crippen LogP contribution in [0.15, 0.2) is 0 Å². The van der Waals surface area contributed by atoms with Crippen LogP contribution in [0, 0.1) is 27.7 Å². The molecule has 0 rings (SSSR count). The van der Waals surface area contributed by atoms with E-state index in [1.165, 1.54) is 128 Å². The molecule has 0 aromatic rings. The standard InChI is InChI=1S/C14H29.3C6H13.Ru/c1-3-5-7-9-11-13-14-12-10-8-6-4-2;3*1-3-5-6-4-2;/h1,3-14H2,2H3;3*1,3-6H2,2H3;/q4*-1;+4. The minimum absolute atomic E-state index is 0. The van der Waals surface area contributed by atoms with Gasteiger partial charge in [0.25, 0.3) is 0 Å². The quantitative estimate of drug-likeness (QED) is 0.0799. The summed E-state index contributed by atoms with van der Waals surface area (Å²) in [5, 5.41) is 0. The van der Waals surface area contributed by atoms with E-state index in [-0.39, 0.29) is 19.5 Å². The fourth-order valence-electron chi connectivity index (χ4n) is 3.12. The Morgan fingerprint density at radius 2 is 0.424 bits per heavy atom. The third-order valence-corrected chi connectivity index (χ3v) is 5.41. The molecule has 0 fully saturated rings. The van der Waals surface area contributed by atoms with Gasteiger partial charge in [-0.15, -0.1) is 0 Å². The van der Waals surface area contributed by atoms with E-state index in [1.807, 2.05) is 0 Å². The Kier molecular flexibility index (Phi) is 71.2. The Balaban J connectivity index is -0.000000116. The van der Waals surface area contributed by atoms with Crippen molar-refractivity contribution in [2.75, 3.05) is 0 Å².